The number of thioether (sulfide) groups is 1. The Kier molecular flexibility index (Phi) is 4.00. The first-order valence-corrected chi connectivity index (χ1v) is 8.35. The van der Waals surface area contributed by atoms with E-state index in [1.807, 2.05) is 35.7 Å². The molecule has 7 heteroatoms. The SMILES string of the molecule is C[C@H](Sc1nc2ccsc2c(=O)n1-c1ccccc1)C(N)=O. The topological polar surface area (TPSA) is 78.0 Å². The third-order valence-electron chi connectivity index (χ3n) is 3.15. The van der Waals surface area contributed by atoms with Crippen molar-refractivity contribution in [3.8, 4) is 5.69 Å². The number of carbonyl (C=O) groups excluding carboxylic acids is 1. The lowest BCUT2D eigenvalue weighted by Crippen LogP contribution is -2.26. The average Bonchev–Trinajstić information content (AvgIpc) is 2.97. The molecule has 0 saturated heterocycles. The number of carbonyl (C=O) groups is 1. The van der Waals surface area contributed by atoms with Crippen molar-refractivity contribution < 1.29 is 4.79 Å². The van der Waals surface area contributed by atoms with Crippen molar-refractivity contribution in [3.63, 3.8) is 0 Å². The van der Waals surface area contributed by atoms with E-state index in [2.05, 4.69) is 4.98 Å². The molecule has 112 valence electrons. The lowest BCUT2D eigenvalue weighted by molar-refractivity contribution is -0.117. The van der Waals surface area contributed by atoms with Gasteiger partial charge in [-0.25, -0.2) is 4.98 Å². The molecule has 0 spiro atoms. The molecule has 1 amide bonds. The molecule has 0 aliphatic heterocycles. The van der Waals surface area contributed by atoms with Gasteiger partial charge in [-0.15, -0.1) is 11.3 Å². The molecular formula is C15H13N3O2S2. The molecule has 0 bridgehead atoms. The molecule has 0 unspecified atom stereocenters. The van der Waals surface area contributed by atoms with Gasteiger partial charge >= 0.3 is 0 Å². The van der Waals surface area contributed by atoms with Crippen LogP contribution in [-0.2, 0) is 4.79 Å². The van der Waals surface area contributed by atoms with Gasteiger partial charge in [0.25, 0.3) is 5.56 Å². The zero-order chi connectivity index (χ0) is 15.7. The Morgan fingerprint density at radius 3 is 2.73 bits per heavy atom. The third kappa shape index (κ3) is 2.65. The predicted octanol–water partition coefficient (Wildman–Crippen LogP) is 2.41. The fraction of sp³-hybridized carbons (Fsp3) is 0.133. The number of rotatable bonds is 4. The van der Waals surface area contributed by atoms with Crippen LogP contribution in [0.1, 0.15) is 6.92 Å². The second kappa shape index (κ2) is 5.94. The summed E-state index contributed by atoms with van der Waals surface area (Å²) in [5, 5.41) is 1.83. The fourth-order valence-electron chi connectivity index (χ4n) is 1.99. The van der Waals surface area contributed by atoms with Crippen molar-refractivity contribution >= 4 is 39.2 Å². The van der Waals surface area contributed by atoms with Crippen molar-refractivity contribution in [3.05, 3.63) is 52.1 Å². The van der Waals surface area contributed by atoms with Gasteiger partial charge in [0.2, 0.25) is 5.91 Å². The van der Waals surface area contributed by atoms with Crippen LogP contribution in [0, 0.1) is 0 Å². The van der Waals surface area contributed by atoms with Gasteiger partial charge in [0.1, 0.15) is 4.70 Å². The van der Waals surface area contributed by atoms with Gasteiger partial charge in [-0.2, -0.15) is 0 Å². The number of nitrogens with two attached hydrogens (primary N) is 1. The van der Waals surface area contributed by atoms with E-state index in [0.29, 0.717) is 15.4 Å². The number of benzene rings is 1. The van der Waals surface area contributed by atoms with Gasteiger partial charge in [-0.05, 0) is 30.5 Å². The van der Waals surface area contributed by atoms with Crippen LogP contribution < -0.4 is 11.3 Å². The Hall–Kier alpha value is -2.12. The average molecular weight is 331 g/mol. The van der Waals surface area contributed by atoms with E-state index in [9.17, 15) is 9.59 Å². The van der Waals surface area contributed by atoms with Crippen LogP contribution in [0.5, 0.6) is 0 Å². The van der Waals surface area contributed by atoms with Crippen LogP contribution in [0.25, 0.3) is 15.9 Å². The fourth-order valence-corrected chi connectivity index (χ4v) is 3.63. The van der Waals surface area contributed by atoms with Crippen LogP contribution >= 0.6 is 23.1 Å². The summed E-state index contributed by atoms with van der Waals surface area (Å²) < 4.78 is 2.13. The van der Waals surface area contributed by atoms with Gasteiger partial charge in [-0.3, -0.25) is 14.2 Å². The summed E-state index contributed by atoms with van der Waals surface area (Å²) in [5.74, 6) is -0.440. The normalized spacial score (nSPS) is 12.4. The molecular weight excluding hydrogens is 318 g/mol. The number of nitrogens with zero attached hydrogens (tertiary/aromatic N) is 2. The summed E-state index contributed by atoms with van der Waals surface area (Å²) in [4.78, 5) is 28.6. The first-order chi connectivity index (χ1) is 10.6. The molecule has 2 heterocycles. The zero-order valence-corrected chi connectivity index (χ0v) is 13.4. The number of thiophene rings is 1. The minimum Gasteiger partial charge on any atom is -0.369 e. The number of hydrogen-bond acceptors (Lipinski definition) is 5. The highest BCUT2D eigenvalue weighted by Crippen LogP contribution is 2.26. The van der Waals surface area contributed by atoms with Gasteiger partial charge < -0.3 is 5.73 Å². The molecule has 3 rings (SSSR count). The number of amides is 1. The van der Waals surface area contributed by atoms with Gasteiger partial charge in [0.05, 0.1) is 16.5 Å². The van der Waals surface area contributed by atoms with E-state index in [4.69, 9.17) is 5.73 Å². The first-order valence-electron chi connectivity index (χ1n) is 6.59. The van der Waals surface area contributed by atoms with Gasteiger partial charge in [0.15, 0.2) is 5.16 Å². The Labute approximate surface area is 134 Å². The Bertz CT molecular complexity index is 887. The van der Waals surface area contributed by atoms with Gasteiger partial charge in [0, 0.05) is 0 Å². The number of primary amides is 1. The Balaban J connectivity index is 2.24. The molecule has 0 aliphatic rings. The quantitative estimate of drug-likeness (QED) is 0.588. The maximum atomic E-state index is 12.8. The molecule has 0 fully saturated rings. The highest BCUT2D eigenvalue weighted by atomic mass is 32.2. The molecule has 22 heavy (non-hydrogen) atoms. The van der Waals surface area contributed by atoms with Crippen molar-refractivity contribution in [2.45, 2.75) is 17.3 Å². The summed E-state index contributed by atoms with van der Waals surface area (Å²) in [6.07, 6.45) is 0. The van der Waals surface area contributed by atoms with E-state index in [1.165, 1.54) is 27.7 Å². The molecule has 0 saturated carbocycles. The lowest BCUT2D eigenvalue weighted by Gasteiger charge is -2.13. The maximum Gasteiger partial charge on any atom is 0.276 e. The molecule has 0 aliphatic carbocycles. The monoisotopic (exact) mass is 331 g/mol. The van der Waals surface area contributed by atoms with Gasteiger partial charge in [-0.1, -0.05) is 30.0 Å². The van der Waals surface area contributed by atoms with Crippen LogP contribution in [0.2, 0.25) is 0 Å². The van der Waals surface area contributed by atoms with E-state index >= 15 is 0 Å². The maximum absolute atomic E-state index is 12.8. The molecule has 2 aromatic heterocycles. The minimum atomic E-state index is -0.474. The summed E-state index contributed by atoms with van der Waals surface area (Å²) in [6, 6.07) is 11.1. The van der Waals surface area contributed by atoms with Crippen molar-refractivity contribution in [2.24, 2.45) is 5.73 Å². The van der Waals surface area contributed by atoms with Crippen LogP contribution in [0.3, 0.4) is 0 Å². The van der Waals surface area contributed by atoms with Crippen molar-refractivity contribution in [2.75, 3.05) is 0 Å². The van der Waals surface area contributed by atoms with Crippen LogP contribution in [0.15, 0.2) is 51.7 Å². The first kappa shape index (κ1) is 14.8. The van der Waals surface area contributed by atoms with E-state index in [-0.39, 0.29) is 5.56 Å². The second-order valence-corrected chi connectivity index (χ2v) is 6.89. The zero-order valence-electron chi connectivity index (χ0n) is 11.7. The molecule has 2 N–H and O–H groups in total. The Morgan fingerprint density at radius 2 is 2.05 bits per heavy atom. The number of aromatic nitrogens is 2. The summed E-state index contributed by atoms with van der Waals surface area (Å²) in [7, 11) is 0. The molecule has 1 aromatic carbocycles. The van der Waals surface area contributed by atoms with Crippen LogP contribution in [0.4, 0.5) is 0 Å². The number of fused-ring (bicyclic) bond motifs is 1. The summed E-state index contributed by atoms with van der Waals surface area (Å²) in [5.41, 5.74) is 6.55. The van der Waals surface area contributed by atoms with E-state index in [1.54, 1.807) is 13.0 Å². The molecule has 3 aromatic rings. The number of para-hydroxylation sites is 1. The predicted molar refractivity (Wildman–Crippen MR) is 89.7 cm³/mol. The molecule has 1 atom stereocenters. The van der Waals surface area contributed by atoms with E-state index < -0.39 is 11.2 Å². The smallest absolute Gasteiger partial charge is 0.276 e. The van der Waals surface area contributed by atoms with Crippen molar-refractivity contribution in [1.29, 1.82) is 0 Å². The lowest BCUT2D eigenvalue weighted by atomic mass is 10.3. The standard InChI is InChI=1S/C15H13N3O2S2/c1-9(13(16)19)22-15-17-11-7-8-21-12(11)14(20)18(15)10-5-3-2-4-6-10/h2-9H,1H3,(H2,16,19)/t9-/m0/s1. The summed E-state index contributed by atoms with van der Waals surface area (Å²) in [6.45, 7) is 1.70. The largest absolute Gasteiger partial charge is 0.369 e. The molecule has 5 nitrogen and oxygen atoms in total. The van der Waals surface area contributed by atoms with Crippen molar-refractivity contribution in [1.82, 2.24) is 9.55 Å². The van der Waals surface area contributed by atoms with Crippen LogP contribution in [-0.4, -0.2) is 20.7 Å². The third-order valence-corrected chi connectivity index (χ3v) is 5.11. The highest BCUT2D eigenvalue weighted by molar-refractivity contribution is 8.00. The molecule has 0 radical (unpaired) electrons. The number of hydrogen-bond donors (Lipinski definition) is 1. The van der Waals surface area contributed by atoms with E-state index in [0.717, 1.165) is 5.69 Å². The Morgan fingerprint density at radius 1 is 1.32 bits per heavy atom. The second-order valence-electron chi connectivity index (χ2n) is 4.67. The minimum absolute atomic E-state index is 0.134. The highest BCUT2D eigenvalue weighted by Gasteiger charge is 2.18. The summed E-state index contributed by atoms with van der Waals surface area (Å²) >= 11 is 2.55.